The van der Waals surface area contributed by atoms with Crippen molar-refractivity contribution in [3.63, 3.8) is 0 Å². The fourth-order valence-electron chi connectivity index (χ4n) is 2.93. The number of nitrogens with zero attached hydrogens (tertiary/aromatic N) is 3. The molecular weight excluding hydrogens is 272 g/mol. The number of nitrogens with one attached hydrogen (secondary N) is 1. The fourth-order valence-corrected chi connectivity index (χ4v) is 3.10. The fraction of sp³-hybridized carbons (Fsp3) is 0.667. The molecule has 1 N–H and O–H groups in total. The number of aromatic nitrogens is 1. The Kier molecular flexibility index (Phi) is 5.64. The minimum atomic E-state index is 0.648. The quantitative estimate of drug-likeness (QED) is 0.873. The van der Waals surface area contributed by atoms with Gasteiger partial charge in [-0.1, -0.05) is 25.4 Å². The Labute approximate surface area is 127 Å². The third-order valence-electron chi connectivity index (χ3n) is 4.06. The van der Waals surface area contributed by atoms with Crippen molar-refractivity contribution in [2.45, 2.75) is 32.9 Å². The molecule has 112 valence electrons. The maximum atomic E-state index is 6.18. The van der Waals surface area contributed by atoms with Gasteiger partial charge in [-0.05, 0) is 38.7 Å². The molecule has 0 amide bonds. The summed E-state index contributed by atoms with van der Waals surface area (Å²) in [5, 5.41) is 3.85. The van der Waals surface area contributed by atoms with Crippen molar-refractivity contribution in [3.05, 3.63) is 22.8 Å². The van der Waals surface area contributed by atoms with Gasteiger partial charge in [0.05, 0.1) is 10.7 Å². The topological polar surface area (TPSA) is 31.4 Å². The first kappa shape index (κ1) is 15.5. The number of hydrogen-bond acceptors (Lipinski definition) is 4. The lowest BCUT2D eigenvalue weighted by atomic mass is 10.2. The van der Waals surface area contributed by atoms with Gasteiger partial charge in [-0.2, -0.15) is 0 Å². The van der Waals surface area contributed by atoms with Crippen LogP contribution in [0.2, 0.25) is 5.02 Å². The van der Waals surface area contributed by atoms with Crippen molar-refractivity contribution in [1.82, 2.24) is 15.2 Å². The Morgan fingerprint density at radius 3 is 2.80 bits per heavy atom. The molecule has 0 radical (unpaired) electrons. The van der Waals surface area contributed by atoms with Gasteiger partial charge in [0.2, 0.25) is 0 Å². The van der Waals surface area contributed by atoms with E-state index in [1.807, 2.05) is 19.2 Å². The van der Waals surface area contributed by atoms with E-state index in [2.05, 4.69) is 29.0 Å². The first-order chi connectivity index (χ1) is 9.69. The molecule has 1 unspecified atom stereocenters. The Bertz CT molecular complexity index is 434. The minimum Gasteiger partial charge on any atom is -0.355 e. The first-order valence-corrected chi connectivity index (χ1v) is 7.86. The summed E-state index contributed by atoms with van der Waals surface area (Å²) in [6.45, 7) is 9.56. The molecular formula is C15H25ClN4. The molecule has 0 saturated carbocycles. The maximum absolute atomic E-state index is 6.18. The molecule has 2 heterocycles. The van der Waals surface area contributed by atoms with Crippen LogP contribution >= 0.6 is 11.6 Å². The van der Waals surface area contributed by atoms with Crippen LogP contribution in [0.5, 0.6) is 0 Å². The molecule has 0 aliphatic carbocycles. The number of pyridine rings is 1. The van der Waals surface area contributed by atoms with Gasteiger partial charge in [-0.25, -0.2) is 4.98 Å². The summed E-state index contributed by atoms with van der Waals surface area (Å²) in [6.07, 6.45) is 1.22. The molecule has 1 aliphatic rings. The van der Waals surface area contributed by atoms with Crippen molar-refractivity contribution in [2.75, 3.05) is 38.1 Å². The molecule has 20 heavy (non-hydrogen) atoms. The average Bonchev–Trinajstić information content (AvgIpc) is 2.93. The van der Waals surface area contributed by atoms with Gasteiger partial charge in [-0.3, -0.25) is 4.90 Å². The monoisotopic (exact) mass is 296 g/mol. The summed E-state index contributed by atoms with van der Waals surface area (Å²) >= 11 is 6.18. The van der Waals surface area contributed by atoms with E-state index in [-0.39, 0.29) is 0 Å². The molecule has 1 saturated heterocycles. The van der Waals surface area contributed by atoms with Gasteiger partial charge in [0.1, 0.15) is 5.82 Å². The predicted molar refractivity (Wildman–Crippen MR) is 85.5 cm³/mol. The molecule has 1 aromatic rings. The SMILES string of the molecule is CCN(CC)C1CCN(c2ccc(Cl)c(CNC)n2)C1. The van der Waals surface area contributed by atoms with Crippen molar-refractivity contribution in [1.29, 1.82) is 0 Å². The number of likely N-dealkylation sites (N-methyl/N-ethyl adjacent to an activating group) is 1. The second-order valence-electron chi connectivity index (χ2n) is 5.24. The molecule has 0 spiro atoms. The largest absolute Gasteiger partial charge is 0.355 e. The molecule has 0 bridgehead atoms. The highest BCUT2D eigenvalue weighted by molar-refractivity contribution is 6.31. The minimum absolute atomic E-state index is 0.648. The summed E-state index contributed by atoms with van der Waals surface area (Å²) < 4.78 is 0. The van der Waals surface area contributed by atoms with Crippen LogP contribution in [0.1, 0.15) is 26.0 Å². The number of hydrogen-bond donors (Lipinski definition) is 1. The lowest BCUT2D eigenvalue weighted by Gasteiger charge is -2.26. The summed E-state index contributed by atoms with van der Waals surface area (Å²) in [6, 6.07) is 4.64. The van der Waals surface area contributed by atoms with Crippen molar-refractivity contribution in [3.8, 4) is 0 Å². The van der Waals surface area contributed by atoms with Crippen LogP contribution in [0.3, 0.4) is 0 Å². The average molecular weight is 297 g/mol. The standard InChI is InChI=1S/C15H25ClN4/c1-4-19(5-2)12-8-9-20(11-12)15-7-6-13(16)14(18-15)10-17-3/h6-7,12,17H,4-5,8-11H2,1-3H3. The molecule has 4 nitrogen and oxygen atoms in total. The van der Waals surface area contributed by atoms with Gasteiger partial charge >= 0.3 is 0 Å². The molecule has 0 aromatic carbocycles. The van der Waals surface area contributed by atoms with Gasteiger partial charge in [0.25, 0.3) is 0 Å². The van der Waals surface area contributed by atoms with E-state index < -0.39 is 0 Å². The van der Waals surface area contributed by atoms with E-state index in [4.69, 9.17) is 16.6 Å². The maximum Gasteiger partial charge on any atom is 0.129 e. The highest BCUT2D eigenvalue weighted by Crippen LogP contribution is 2.24. The van der Waals surface area contributed by atoms with E-state index >= 15 is 0 Å². The van der Waals surface area contributed by atoms with Gasteiger partial charge < -0.3 is 10.2 Å². The lowest BCUT2D eigenvalue weighted by Crippen LogP contribution is -2.37. The number of halogens is 1. The molecule has 1 fully saturated rings. The smallest absolute Gasteiger partial charge is 0.129 e. The third-order valence-corrected chi connectivity index (χ3v) is 4.41. The summed E-state index contributed by atoms with van der Waals surface area (Å²) in [5.41, 5.74) is 0.929. The van der Waals surface area contributed by atoms with E-state index in [1.165, 1.54) is 6.42 Å². The van der Waals surface area contributed by atoms with Crippen LogP contribution in [0.15, 0.2) is 12.1 Å². The van der Waals surface area contributed by atoms with E-state index in [0.29, 0.717) is 12.6 Å². The molecule has 5 heteroatoms. The van der Waals surface area contributed by atoms with E-state index in [0.717, 1.165) is 42.7 Å². The van der Waals surface area contributed by atoms with Crippen LogP contribution in [-0.4, -0.2) is 49.2 Å². The van der Waals surface area contributed by atoms with Crippen molar-refractivity contribution >= 4 is 17.4 Å². The first-order valence-electron chi connectivity index (χ1n) is 7.48. The highest BCUT2D eigenvalue weighted by Gasteiger charge is 2.27. The second-order valence-corrected chi connectivity index (χ2v) is 5.65. The van der Waals surface area contributed by atoms with Crippen LogP contribution < -0.4 is 10.2 Å². The third kappa shape index (κ3) is 3.43. The molecule has 2 rings (SSSR count). The van der Waals surface area contributed by atoms with Crippen molar-refractivity contribution in [2.24, 2.45) is 0 Å². The zero-order valence-corrected chi connectivity index (χ0v) is 13.5. The van der Waals surface area contributed by atoms with Crippen LogP contribution in [0, 0.1) is 0 Å². The van der Waals surface area contributed by atoms with E-state index in [9.17, 15) is 0 Å². The van der Waals surface area contributed by atoms with Crippen LogP contribution in [0.4, 0.5) is 5.82 Å². The second kappa shape index (κ2) is 7.25. The van der Waals surface area contributed by atoms with Crippen LogP contribution in [-0.2, 0) is 6.54 Å². The zero-order chi connectivity index (χ0) is 14.5. The Hall–Kier alpha value is -0.840. The lowest BCUT2D eigenvalue weighted by molar-refractivity contribution is 0.232. The summed E-state index contributed by atoms with van der Waals surface area (Å²) in [5.74, 6) is 1.05. The number of anilines is 1. The van der Waals surface area contributed by atoms with E-state index in [1.54, 1.807) is 0 Å². The molecule has 1 aromatic heterocycles. The van der Waals surface area contributed by atoms with Gasteiger partial charge in [0.15, 0.2) is 0 Å². The van der Waals surface area contributed by atoms with Crippen molar-refractivity contribution < 1.29 is 0 Å². The molecule has 1 aliphatic heterocycles. The zero-order valence-electron chi connectivity index (χ0n) is 12.7. The summed E-state index contributed by atoms with van der Waals surface area (Å²) in [7, 11) is 1.91. The summed E-state index contributed by atoms with van der Waals surface area (Å²) in [4.78, 5) is 9.61. The Morgan fingerprint density at radius 1 is 1.40 bits per heavy atom. The number of rotatable bonds is 6. The van der Waals surface area contributed by atoms with Gasteiger partial charge in [-0.15, -0.1) is 0 Å². The van der Waals surface area contributed by atoms with Crippen LogP contribution in [0.25, 0.3) is 0 Å². The Morgan fingerprint density at radius 2 is 2.15 bits per heavy atom. The Balaban J connectivity index is 2.08. The molecule has 1 atom stereocenters. The predicted octanol–water partition coefficient (Wildman–Crippen LogP) is 2.37. The van der Waals surface area contributed by atoms with Gasteiger partial charge in [0, 0.05) is 25.7 Å². The highest BCUT2D eigenvalue weighted by atomic mass is 35.5. The normalized spacial score (nSPS) is 19.1.